The van der Waals surface area contributed by atoms with E-state index in [1.54, 1.807) is 13.1 Å². The molecule has 0 aliphatic carbocycles. The van der Waals surface area contributed by atoms with E-state index in [1.807, 2.05) is 42.1 Å². The number of aryl methyl sites for hydroxylation is 1. The number of ether oxygens (including phenoxy) is 1. The maximum atomic E-state index is 9.40. The van der Waals surface area contributed by atoms with E-state index >= 15 is 0 Å². The highest BCUT2D eigenvalue weighted by atomic mass is 16.5. The van der Waals surface area contributed by atoms with Crippen molar-refractivity contribution in [2.75, 3.05) is 6.61 Å². The van der Waals surface area contributed by atoms with Crippen molar-refractivity contribution in [1.82, 2.24) is 9.78 Å². The van der Waals surface area contributed by atoms with Gasteiger partial charge in [-0.3, -0.25) is 4.68 Å². The van der Waals surface area contributed by atoms with Crippen LogP contribution in [0.15, 0.2) is 36.5 Å². The summed E-state index contributed by atoms with van der Waals surface area (Å²) in [5, 5.41) is 13.5. The van der Waals surface area contributed by atoms with Gasteiger partial charge in [-0.15, -0.1) is 0 Å². The first-order valence-corrected chi connectivity index (χ1v) is 6.04. The van der Waals surface area contributed by atoms with E-state index in [0.717, 1.165) is 23.4 Å². The van der Waals surface area contributed by atoms with Gasteiger partial charge in [0, 0.05) is 25.4 Å². The number of benzene rings is 1. The predicted octanol–water partition coefficient (Wildman–Crippen LogP) is 2.09. The predicted molar refractivity (Wildman–Crippen MR) is 69.5 cm³/mol. The SMILES string of the molecule is CC(O)c1ccc(OCCc2ccnn2C)cc1. The van der Waals surface area contributed by atoms with Gasteiger partial charge in [-0.2, -0.15) is 5.10 Å². The Kier molecular flexibility index (Phi) is 3.99. The second-order valence-electron chi connectivity index (χ2n) is 4.29. The molecule has 0 saturated carbocycles. The number of hydrogen-bond acceptors (Lipinski definition) is 3. The minimum atomic E-state index is -0.437. The quantitative estimate of drug-likeness (QED) is 0.878. The van der Waals surface area contributed by atoms with E-state index in [9.17, 15) is 5.11 Å². The lowest BCUT2D eigenvalue weighted by molar-refractivity contribution is 0.199. The molecule has 1 unspecified atom stereocenters. The average molecular weight is 246 g/mol. The number of aromatic nitrogens is 2. The third-order valence-electron chi connectivity index (χ3n) is 2.91. The highest BCUT2D eigenvalue weighted by Gasteiger charge is 2.02. The van der Waals surface area contributed by atoms with E-state index in [4.69, 9.17) is 4.74 Å². The lowest BCUT2D eigenvalue weighted by atomic mass is 10.1. The Balaban J connectivity index is 1.85. The van der Waals surface area contributed by atoms with Crippen LogP contribution in [0.5, 0.6) is 5.75 Å². The molecule has 4 nitrogen and oxygen atoms in total. The molecule has 96 valence electrons. The Labute approximate surface area is 107 Å². The van der Waals surface area contributed by atoms with Gasteiger partial charge in [0.2, 0.25) is 0 Å². The summed E-state index contributed by atoms with van der Waals surface area (Å²) in [7, 11) is 1.92. The van der Waals surface area contributed by atoms with Crippen molar-refractivity contribution in [2.45, 2.75) is 19.4 Å². The first kappa shape index (κ1) is 12.6. The topological polar surface area (TPSA) is 47.3 Å². The van der Waals surface area contributed by atoms with Crippen molar-refractivity contribution in [2.24, 2.45) is 7.05 Å². The Bertz CT molecular complexity index is 489. The molecule has 2 aromatic rings. The zero-order chi connectivity index (χ0) is 13.0. The molecule has 0 bridgehead atoms. The molecular formula is C14H18N2O2. The Morgan fingerprint density at radius 2 is 2.00 bits per heavy atom. The van der Waals surface area contributed by atoms with Crippen LogP contribution in [0.2, 0.25) is 0 Å². The van der Waals surface area contributed by atoms with Crippen LogP contribution < -0.4 is 4.74 Å². The molecular weight excluding hydrogens is 228 g/mol. The molecule has 0 aliphatic heterocycles. The number of nitrogens with zero attached hydrogens (tertiary/aromatic N) is 2. The second kappa shape index (κ2) is 5.69. The standard InChI is InChI=1S/C14H18N2O2/c1-11(17)12-3-5-14(6-4-12)18-10-8-13-7-9-15-16(13)2/h3-7,9,11,17H,8,10H2,1-2H3. The van der Waals surface area contributed by atoms with Gasteiger partial charge < -0.3 is 9.84 Å². The maximum Gasteiger partial charge on any atom is 0.119 e. The summed E-state index contributed by atoms with van der Waals surface area (Å²) in [6.07, 6.45) is 2.18. The zero-order valence-electron chi connectivity index (χ0n) is 10.7. The van der Waals surface area contributed by atoms with Crippen molar-refractivity contribution < 1.29 is 9.84 Å². The summed E-state index contributed by atoms with van der Waals surface area (Å²) < 4.78 is 7.49. The lowest BCUT2D eigenvalue weighted by Gasteiger charge is -2.08. The van der Waals surface area contributed by atoms with Crippen molar-refractivity contribution in [3.8, 4) is 5.75 Å². The van der Waals surface area contributed by atoms with Gasteiger partial charge >= 0.3 is 0 Å². The monoisotopic (exact) mass is 246 g/mol. The number of aliphatic hydroxyl groups is 1. The highest BCUT2D eigenvalue weighted by molar-refractivity contribution is 5.28. The largest absolute Gasteiger partial charge is 0.493 e. The molecule has 2 rings (SSSR count). The van der Waals surface area contributed by atoms with Crippen molar-refractivity contribution in [3.05, 3.63) is 47.8 Å². The molecule has 1 N–H and O–H groups in total. The van der Waals surface area contributed by atoms with Crippen LogP contribution in [0.4, 0.5) is 0 Å². The minimum Gasteiger partial charge on any atom is -0.493 e. The number of aliphatic hydroxyl groups excluding tert-OH is 1. The molecule has 1 heterocycles. The van der Waals surface area contributed by atoms with E-state index in [-0.39, 0.29) is 0 Å². The van der Waals surface area contributed by atoms with Crippen LogP contribution in [0.1, 0.15) is 24.3 Å². The van der Waals surface area contributed by atoms with Gasteiger partial charge in [0.15, 0.2) is 0 Å². The van der Waals surface area contributed by atoms with E-state index in [0.29, 0.717) is 6.61 Å². The summed E-state index contributed by atoms with van der Waals surface area (Å²) in [5.74, 6) is 0.821. The molecule has 1 atom stereocenters. The first-order valence-electron chi connectivity index (χ1n) is 6.04. The van der Waals surface area contributed by atoms with Gasteiger partial charge in [-0.1, -0.05) is 12.1 Å². The Morgan fingerprint density at radius 1 is 1.28 bits per heavy atom. The van der Waals surface area contributed by atoms with Crippen LogP contribution >= 0.6 is 0 Å². The third kappa shape index (κ3) is 3.11. The molecule has 0 radical (unpaired) electrons. The normalized spacial score (nSPS) is 12.4. The van der Waals surface area contributed by atoms with Gasteiger partial charge in [-0.05, 0) is 30.7 Å². The van der Waals surface area contributed by atoms with Gasteiger partial charge in [0.25, 0.3) is 0 Å². The highest BCUT2D eigenvalue weighted by Crippen LogP contribution is 2.17. The van der Waals surface area contributed by atoms with E-state index in [1.165, 1.54) is 0 Å². The van der Waals surface area contributed by atoms with Crippen molar-refractivity contribution in [1.29, 1.82) is 0 Å². The number of hydrogen-bond donors (Lipinski definition) is 1. The van der Waals surface area contributed by atoms with Crippen LogP contribution in [0.25, 0.3) is 0 Å². The molecule has 0 aliphatic rings. The summed E-state index contributed by atoms with van der Waals surface area (Å²) in [5.41, 5.74) is 2.05. The van der Waals surface area contributed by atoms with E-state index < -0.39 is 6.10 Å². The molecule has 0 saturated heterocycles. The number of rotatable bonds is 5. The molecule has 4 heteroatoms. The molecule has 1 aromatic heterocycles. The minimum absolute atomic E-state index is 0.437. The molecule has 0 amide bonds. The van der Waals surface area contributed by atoms with Crippen LogP contribution in [-0.2, 0) is 13.5 Å². The lowest BCUT2D eigenvalue weighted by Crippen LogP contribution is -2.06. The maximum absolute atomic E-state index is 9.40. The fraction of sp³-hybridized carbons (Fsp3) is 0.357. The van der Waals surface area contributed by atoms with Crippen molar-refractivity contribution in [3.63, 3.8) is 0 Å². The molecule has 0 spiro atoms. The van der Waals surface area contributed by atoms with Crippen LogP contribution in [0, 0.1) is 0 Å². The fourth-order valence-electron chi connectivity index (χ4n) is 1.76. The van der Waals surface area contributed by atoms with Gasteiger partial charge in [0.1, 0.15) is 5.75 Å². The summed E-state index contributed by atoms with van der Waals surface area (Å²) in [6, 6.07) is 9.50. The van der Waals surface area contributed by atoms with Crippen LogP contribution in [-0.4, -0.2) is 21.5 Å². The van der Waals surface area contributed by atoms with Gasteiger partial charge in [0.05, 0.1) is 12.7 Å². The zero-order valence-corrected chi connectivity index (χ0v) is 10.7. The van der Waals surface area contributed by atoms with Crippen molar-refractivity contribution >= 4 is 0 Å². The Hall–Kier alpha value is -1.81. The molecule has 1 aromatic carbocycles. The summed E-state index contributed by atoms with van der Waals surface area (Å²) in [6.45, 7) is 2.37. The fourth-order valence-corrected chi connectivity index (χ4v) is 1.76. The third-order valence-corrected chi connectivity index (χ3v) is 2.91. The van der Waals surface area contributed by atoms with Gasteiger partial charge in [-0.25, -0.2) is 0 Å². The molecule has 18 heavy (non-hydrogen) atoms. The average Bonchev–Trinajstić information content (AvgIpc) is 2.76. The van der Waals surface area contributed by atoms with E-state index in [2.05, 4.69) is 5.10 Å². The molecule has 0 fully saturated rings. The summed E-state index contributed by atoms with van der Waals surface area (Å²) >= 11 is 0. The first-order chi connectivity index (χ1) is 8.66. The summed E-state index contributed by atoms with van der Waals surface area (Å²) in [4.78, 5) is 0. The van der Waals surface area contributed by atoms with Crippen LogP contribution in [0.3, 0.4) is 0 Å². The smallest absolute Gasteiger partial charge is 0.119 e. The second-order valence-corrected chi connectivity index (χ2v) is 4.29. The Morgan fingerprint density at radius 3 is 2.56 bits per heavy atom.